The van der Waals surface area contributed by atoms with Gasteiger partial charge in [0.1, 0.15) is 13.2 Å². The van der Waals surface area contributed by atoms with E-state index < -0.39 is 6.10 Å². The van der Waals surface area contributed by atoms with E-state index in [1.54, 1.807) is 0 Å². The highest BCUT2D eigenvalue weighted by molar-refractivity contribution is 5.71. The first-order chi connectivity index (χ1) is 37.0. The largest absolute Gasteiger partial charge is 0.462 e. The first kappa shape index (κ1) is 71.3. The second-order valence-electron chi connectivity index (χ2n) is 20.9. The summed E-state index contributed by atoms with van der Waals surface area (Å²) in [7, 11) is 0. The van der Waals surface area contributed by atoms with Crippen LogP contribution in [0.3, 0.4) is 0 Å². The van der Waals surface area contributed by atoms with Crippen LogP contribution in [0.2, 0.25) is 0 Å². The lowest BCUT2D eigenvalue weighted by Crippen LogP contribution is -2.30. The van der Waals surface area contributed by atoms with Crippen molar-refractivity contribution in [2.45, 2.75) is 309 Å². The lowest BCUT2D eigenvalue weighted by Gasteiger charge is -2.18. The van der Waals surface area contributed by atoms with E-state index in [-0.39, 0.29) is 37.5 Å². The fourth-order valence-corrected chi connectivity index (χ4v) is 8.85. The van der Waals surface area contributed by atoms with Crippen molar-refractivity contribution in [1.29, 1.82) is 0 Å². The average Bonchev–Trinajstić information content (AvgIpc) is 3.41. The van der Waals surface area contributed by atoms with Crippen LogP contribution in [0.25, 0.3) is 0 Å². The highest BCUT2D eigenvalue weighted by Crippen LogP contribution is 2.17. The van der Waals surface area contributed by atoms with Gasteiger partial charge in [-0.1, -0.05) is 291 Å². The molecule has 0 aliphatic heterocycles. The van der Waals surface area contributed by atoms with Crippen LogP contribution in [0.15, 0.2) is 97.2 Å². The predicted molar refractivity (Wildman–Crippen MR) is 325 cm³/mol. The molecule has 0 rings (SSSR count). The van der Waals surface area contributed by atoms with Gasteiger partial charge in [0.15, 0.2) is 6.10 Å². The molecule has 0 fully saturated rings. The normalized spacial score (nSPS) is 12.7. The van der Waals surface area contributed by atoms with E-state index in [0.717, 1.165) is 83.5 Å². The zero-order valence-electron chi connectivity index (χ0n) is 49.3. The van der Waals surface area contributed by atoms with Gasteiger partial charge in [0.05, 0.1) is 0 Å². The maximum Gasteiger partial charge on any atom is 0.306 e. The summed E-state index contributed by atoms with van der Waals surface area (Å²) in [4.78, 5) is 38.3. The van der Waals surface area contributed by atoms with E-state index >= 15 is 0 Å². The topological polar surface area (TPSA) is 78.9 Å². The van der Waals surface area contributed by atoms with Gasteiger partial charge in [0, 0.05) is 19.3 Å². The van der Waals surface area contributed by atoms with Gasteiger partial charge < -0.3 is 14.2 Å². The maximum atomic E-state index is 12.9. The summed E-state index contributed by atoms with van der Waals surface area (Å²) in [6, 6.07) is 0. The molecule has 0 spiro atoms. The van der Waals surface area contributed by atoms with Gasteiger partial charge in [-0.05, 0) is 89.9 Å². The molecule has 0 amide bonds. The number of esters is 3. The van der Waals surface area contributed by atoms with Crippen molar-refractivity contribution in [3.8, 4) is 0 Å². The minimum Gasteiger partial charge on any atom is -0.462 e. The Labute approximate surface area is 464 Å². The van der Waals surface area contributed by atoms with Gasteiger partial charge in [-0.2, -0.15) is 0 Å². The maximum absolute atomic E-state index is 12.9. The lowest BCUT2D eigenvalue weighted by molar-refractivity contribution is -0.166. The monoisotopic (exact) mass is 1040 g/mol. The number of carbonyl (C=O) groups is 3. The van der Waals surface area contributed by atoms with Crippen LogP contribution in [-0.4, -0.2) is 37.2 Å². The summed E-state index contributed by atoms with van der Waals surface area (Å²) in [5.74, 6) is -0.981. The minimum absolute atomic E-state index is 0.101. The zero-order valence-corrected chi connectivity index (χ0v) is 49.3. The quantitative estimate of drug-likeness (QED) is 0.0261. The Morgan fingerprint density at radius 1 is 0.280 bits per heavy atom. The van der Waals surface area contributed by atoms with Gasteiger partial charge in [-0.3, -0.25) is 14.4 Å². The Balaban J connectivity index is 4.47. The van der Waals surface area contributed by atoms with Gasteiger partial charge in [0.2, 0.25) is 0 Å². The molecule has 0 aliphatic carbocycles. The summed E-state index contributed by atoms with van der Waals surface area (Å²) in [6.45, 7) is 6.47. The zero-order chi connectivity index (χ0) is 54.3. The fraction of sp³-hybridized carbons (Fsp3) is 0.725. The number of carbonyl (C=O) groups excluding carboxylic acids is 3. The molecule has 430 valence electrons. The Morgan fingerprint density at radius 3 is 0.920 bits per heavy atom. The third kappa shape index (κ3) is 61.1. The van der Waals surface area contributed by atoms with Crippen molar-refractivity contribution in [2.75, 3.05) is 13.2 Å². The van der Waals surface area contributed by atoms with Crippen LogP contribution in [0.4, 0.5) is 0 Å². The highest BCUT2D eigenvalue weighted by Gasteiger charge is 2.19. The molecule has 0 aromatic carbocycles. The first-order valence-corrected chi connectivity index (χ1v) is 31.7. The summed E-state index contributed by atoms with van der Waals surface area (Å²) >= 11 is 0. The van der Waals surface area contributed by atoms with Crippen molar-refractivity contribution >= 4 is 17.9 Å². The summed E-state index contributed by atoms with van der Waals surface area (Å²) < 4.78 is 16.9. The number of ether oxygens (including phenoxy) is 3. The molecule has 0 aliphatic rings. The molecule has 6 heteroatoms. The van der Waals surface area contributed by atoms with Gasteiger partial charge >= 0.3 is 17.9 Å². The molecule has 0 saturated heterocycles. The van der Waals surface area contributed by atoms with E-state index in [4.69, 9.17) is 14.2 Å². The van der Waals surface area contributed by atoms with E-state index in [2.05, 4.69) is 112 Å². The summed E-state index contributed by atoms with van der Waals surface area (Å²) in [5.41, 5.74) is 0. The first-order valence-electron chi connectivity index (χ1n) is 31.7. The predicted octanol–water partition coefficient (Wildman–Crippen LogP) is 21.7. The molecular weight excluding hydrogens is 925 g/mol. The molecule has 0 bridgehead atoms. The van der Waals surface area contributed by atoms with Crippen LogP contribution in [-0.2, 0) is 28.6 Å². The average molecular weight is 1040 g/mol. The Bertz CT molecular complexity index is 1480. The van der Waals surface area contributed by atoms with Crippen LogP contribution in [0.1, 0.15) is 303 Å². The SMILES string of the molecule is CC/C=C\C/C=C\C/C=C\C/C=C\C/C=C\C/C=C\CCC(=O)OC[C@H](COC(=O)CCCCCCCCCCC/C=C\C/C=C\CCCCC)OC(=O)CCCCCCCCCCCCCCCCCCCCC. The second-order valence-corrected chi connectivity index (χ2v) is 20.9. The highest BCUT2D eigenvalue weighted by atomic mass is 16.6. The summed E-state index contributed by atoms with van der Waals surface area (Å²) in [6.07, 6.45) is 84.2. The van der Waals surface area contributed by atoms with Gasteiger partial charge in [0.25, 0.3) is 0 Å². The van der Waals surface area contributed by atoms with Crippen molar-refractivity contribution in [1.82, 2.24) is 0 Å². The molecule has 0 aromatic rings. The Hall–Kier alpha value is -3.67. The van der Waals surface area contributed by atoms with Crippen molar-refractivity contribution in [2.24, 2.45) is 0 Å². The molecule has 0 N–H and O–H groups in total. The molecule has 0 heterocycles. The molecule has 0 radical (unpaired) electrons. The molecule has 0 aromatic heterocycles. The Morgan fingerprint density at radius 2 is 0.547 bits per heavy atom. The van der Waals surface area contributed by atoms with Gasteiger partial charge in [-0.15, -0.1) is 0 Å². The van der Waals surface area contributed by atoms with E-state index in [1.165, 1.54) is 173 Å². The summed E-state index contributed by atoms with van der Waals surface area (Å²) in [5, 5.41) is 0. The molecule has 6 nitrogen and oxygen atoms in total. The van der Waals surface area contributed by atoms with E-state index in [0.29, 0.717) is 19.3 Å². The standard InChI is InChI=1S/C69H118O6/c1-4-7-10-13-16-19-22-25-28-31-34-37-40-43-46-49-52-55-58-61-67(70)73-64-66(75-69(72)63-60-57-54-51-48-45-42-39-36-33-30-27-24-21-18-15-12-9-6-3)65-74-68(71)62-59-56-53-50-47-44-41-38-35-32-29-26-23-20-17-14-11-8-5-2/h7,10,16-17,19-20,25-26,28-29,34,37,43,46,52,55,66H,4-6,8-9,11-15,18,21-24,27,30-33,35-36,38-42,44-45,47-51,53-54,56-65H2,1-3H3/b10-7-,19-16-,20-17-,28-25-,29-26-,37-34-,46-43-,55-52-/t66-/m1/s1. The van der Waals surface area contributed by atoms with E-state index in [1.807, 2.05) is 6.08 Å². The second kappa shape index (κ2) is 62.9. The van der Waals surface area contributed by atoms with Crippen molar-refractivity contribution in [3.05, 3.63) is 97.2 Å². The Kier molecular flexibility index (Phi) is 59.8. The van der Waals surface area contributed by atoms with Crippen molar-refractivity contribution in [3.63, 3.8) is 0 Å². The van der Waals surface area contributed by atoms with Gasteiger partial charge in [-0.25, -0.2) is 0 Å². The smallest absolute Gasteiger partial charge is 0.306 e. The lowest BCUT2D eigenvalue weighted by atomic mass is 10.0. The third-order valence-corrected chi connectivity index (χ3v) is 13.6. The third-order valence-electron chi connectivity index (χ3n) is 13.6. The van der Waals surface area contributed by atoms with Crippen LogP contribution in [0.5, 0.6) is 0 Å². The molecule has 0 saturated carbocycles. The van der Waals surface area contributed by atoms with Crippen LogP contribution >= 0.6 is 0 Å². The fourth-order valence-electron chi connectivity index (χ4n) is 8.85. The van der Waals surface area contributed by atoms with Crippen molar-refractivity contribution < 1.29 is 28.6 Å². The number of hydrogen-bond donors (Lipinski definition) is 0. The number of allylic oxidation sites excluding steroid dienone is 16. The molecule has 0 unspecified atom stereocenters. The minimum atomic E-state index is -0.810. The van der Waals surface area contributed by atoms with Crippen LogP contribution in [0, 0.1) is 0 Å². The van der Waals surface area contributed by atoms with Crippen LogP contribution < -0.4 is 0 Å². The number of unbranched alkanes of at least 4 members (excludes halogenated alkanes) is 30. The molecule has 75 heavy (non-hydrogen) atoms. The molecular formula is C69H118O6. The van der Waals surface area contributed by atoms with E-state index in [9.17, 15) is 14.4 Å². The molecule has 1 atom stereocenters. The number of rotatable bonds is 57. The number of hydrogen-bond acceptors (Lipinski definition) is 6.